The largest absolute Gasteiger partial charge is 0.298 e. The summed E-state index contributed by atoms with van der Waals surface area (Å²) in [5, 5.41) is 3.40. The highest BCUT2D eigenvalue weighted by molar-refractivity contribution is 9.10. The molecule has 0 aliphatic rings. The molecule has 27 heavy (non-hydrogen) atoms. The standard InChI is InChI=1S/C19H14BrN5OS/c20-15-4-1-13(2-5-15)9-16-11-23-19(27-16)24-18(26)14-3-6-17(22-10-14)25-8-7-21-12-25/h1-8,10-12H,9H2,(H,23,24,26). The molecule has 0 saturated heterocycles. The molecule has 6 nitrogen and oxygen atoms in total. The summed E-state index contributed by atoms with van der Waals surface area (Å²) in [6.07, 6.45) is 9.25. The van der Waals surface area contributed by atoms with Crippen LogP contribution in [-0.2, 0) is 6.42 Å². The van der Waals surface area contributed by atoms with Gasteiger partial charge in [-0.3, -0.25) is 14.7 Å². The second kappa shape index (κ2) is 7.81. The topological polar surface area (TPSA) is 72.7 Å². The molecule has 0 unspecified atom stereocenters. The molecule has 1 N–H and O–H groups in total. The number of carbonyl (C=O) groups is 1. The average Bonchev–Trinajstić information content (AvgIpc) is 3.36. The molecular formula is C19H14BrN5OS. The van der Waals surface area contributed by atoms with E-state index in [1.54, 1.807) is 47.8 Å². The van der Waals surface area contributed by atoms with Gasteiger partial charge in [-0.05, 0) is 29.8 Å². The van der Waals surface area contributed by atoms with E-state index in [2.05, 4.69) is 48.3 Å². The molecule has 0 aliphatic heterocycles. The molecule has 8 heteroatoms. The molecule has 0 atom stereocenters. The number of carbonyl (C=O) groups excluding carboxylic acids is 1. The van der Waals surface area contributed by atoms with Crippen molar-refractivity contribution >= 4 is 38.3 Å². The van der Waals surface area contributed by atoms with Crippen molar-refractivity contribution in [2.24, 2.45) is 0 Å². The van der Waals surface area contributed by atoms with Crippen LogP contribution < -0.4 is 5.32 Å². The Balaban J connectivity index is 1.41. The van der Waals surface area contributed by atoms with Crippen molar-refractivity contribution in [1.82, 2.24) is 19.5 Å². The van der Waals surface area contributed by atoms with Gasteiger partial charge in [0, 0.05) is 40.6 Å². The van der Waals surface area contributed by atoms with E-state index in [1.165, 1.54) is 16.9 Å². The van der Waals surface area contributed by atoms with Crippen molar-refractivity contribution in [2.75, 3.05) is 5.32 Å². The quantitative estimate of drug-likeness (QED) is 0.502. The highest BCUT2D eigenvalue weighted by atomic mass is 79.9. The number of pyridine rings is 1. The Morgan fingerprint density at radius 3 is 2.67 bits per heavy atom. The third-order valence-corrected chi connectivity index (χ3v) is 5.29. The van der Waals surface area contributed by atoms with Gasteiger partial charge in [0.05, 0.1) is 5.56 Å². The van der Waals surface area contributed by atoms with Crippen molar-refractivity contribution in [3.05, 3.63) is 88.0 Å². The SMILES string of the molecule is O=C(Nc1ncc(Cc2ccc(Br)cc2)s1)c1ccc(-n2ccnc2)nc1. The van der Waals surface area contributed by atoms with E-state index in [0.29, 0.717) is 16.5 Å². The normalized spacial score (nSPS) is 10.7. The van der Waals surface area contributed by atoms with Crippen LogP contribution >= 0.6 is 27.3 Å². The maximum atomic E-state index is 12.4. The number of anilines is 1. The zero-order valence-electron chi connectivity index (χ0n) is 14.0. The molecule has 4 rings (SSSR count). The van der Waals surface area contributed by atoms with Gasteiger partial charge in [-0.1, -0.05) is 28.1 Å². The Bertz CT molecular complexity index is 1040. The number of rotatable bonds is 5. The Hall–Kier alpha value is -2.84. The second-order valence-corrected chi connectivity index (χ2v) is 7.79. The molecule has 1 aromatic carbocycles. The van der Waals surface area contributed by atoms with Gasteiger partial charge >= 0.3 is 0 Å². The number of benzene rings is 1. The Morgan fingerprint density at radius 2 is 1.96 bits per heavy atom. The summed E-state index contributed by atoms with van der Waals surface area (Å²) in [6, 6.07) is 11.7. The van der Waals surface area contributed by atoms with E-state index in [9.17, 15) is 4.79 Å². The zero-order chi connectivity index (χ0) is 18.6. The fraction of sp³-hybridized carbons (Fsp3) is 0.0526. The first kappa shape index (κ1) is 17.6. The number of nitrogens with zero attached hydrogens (tertiary/aromatic N) is 4. The fourth-order valence-electron chi connectivity index (χ4n) is 2.49. The minimum Gasteiger partial charge on any atom is -0.298 e. The first-order valence-corrected chi connectivity index (χ1v) is 9.73. The van der Waals surface area contributed by atoms with Gasteiger partial charge in [0.15, 0.2) is 5.13 Å². The molecule has 3 heterocycles. The van der Waals surface area contributed by atoms with Crippen LogP contribution in [0, 0.1) is 0 Å². The lowest BCUT2D eigenvalue weighted by Gasteiger charge is -2.04. The van der Waals surface area contributed by atoms with Gasteiger partial charge in [-0.25, -0.2) is 15.0 Å². The maximum Gasteiger partial charge on any atom is 0.259 e. The van der Waals surface area contributed by atoms with Crippen LogP contribution in [0.1, 0.15) is 20.8 Å². The zero-order valence-corrected chi connectivity index (χ0v) is 16.4. The Kier molecular flexibility index (Phi) is 5.08. The van der Waals surface area contributed by atoms with Gasteiger partial charge < -0.3 is 0 Å². The van der Waals surface area contributed by atoms with Crippen molar-refractivity contribution in [3.63, 3.8) is 0 Å². The van der Waals surface area contributed by atoms with E-state index in [-0.39, 0.29) is 5.91 Å². The van der Waals surface area contributed by atoms with Crippen LogP contribution in [0.25, 0.3) is 5.82 Å². The van der Waals surface area contributed by atoms with E-state index in [0.717, 1.165) is 15.8 Å². The van der Waals surface area contributed by atoms with Crippen molar-refractivity contribution in [3.8, 4) is 5.82 Å². The number of amides is 1. The summed E-state index contributed by atoms with van der Waals surface area (Å²) in [5.41, 5.74) is 1.67. The number of hydrogen-bond acceptors (Lipinski definition) is 5. The van der Waals surface area contributed by atoms with Gasteiger partial charge in [0.1, 0.15) is 12.1 Å². The lowest BCUT2D eigenvalue weighted by molar-refractivity contribution is 0.102. The molecule has 4 aromatic rings. The lowest BCUT2D eigenvalue weighted by atomic mass is 10.1. The molecule has 0 radical (unpaired) electrons. The summed E-state index contributed by atoms with van der Waals surface area (Å²) >= 11 is 4.90. The molecule has 0 saturated carbocycles. The van der Waals surface area contributed by atoms with Crippen molar-refractivity contribution in [1.29, 1.82) is 0 Å². The molecular weight excluding hydrogens is 426 g/mol. The minimum absolute atomic E-state index is 0.232. The number of nitrogens with one attached hydrogen (secondary N) is 1. The van der Waals surface area contributed by atoms with Gasteiger partial charge in [-0.2, -0.15) is 0 Å². The summed E-state index contributed by atoms with van der Waals surface area (Å²) < 4.78 is 2.83. The third-order valence-electron chi connectivity index (χ3n) is 3.84. The monoisotopic (exact) mass is 439 g/mol. The van der Waals surface area contributed by atoms with E-state index < -0.39 is 0 Å². The van der Waals surface area contributed by atoms with Crippen LogP contribution in [0.5, 0.6) is 0 Å². The van der Waals surface area contributed by atoms with Crippen LogP contribution in [0.3, 0.4) is 0 Å². The second-order valence-electron chi connectivity index (χ2n) is 5.76. The van der Waals surface area contributed by atoms with E-state index in [4.69, 9.17) is 0 Å². The predicted molar refractivity (Wildman–Crippen MR) is 108 cm³/mol. The van der Waals surface area contributed by atoms with Crippen LogP contribution in [0.15, 0.2) is 72.0 Å². The van der Waals surface area contributed by atoms with Gasteiger partial charge in [-0.15, -0.1) is 11.3 Å². The third kappa shape index (κ3) is 4.29. The summed E-state index contributed by atoms with van der Waals surface area (Å²) in [6.45, 7) is 0. The summed E-state index contributed by atoms with van der Waals surface area (Å²) in [5.74, 6) is 0.472. The van der Waals surface area contributed by atoms with Crippen LogP contribution in [0.4, 0.5) is 5.13 Å². The number of hydrogen-bond donors (Lipinski definition) is 1. The first-order valence-electron chi connectivity index (χ1n) is 8.12. The van der Waals surface area contributed by atoms with Crippen LogP contribution in [-0.4, -0.2) is 25.4 Å². The summed E-state index contributed by atoms with van der Waals surface area (Å²) in [7, 11) is 0. The van der Waals surface area contributed by atoms with Crippen molar-refractivity contribution < 1.29 is 4.79 Å². The Labute approximate surface area is 168 Å². The molecule has 0 fully saturated rings. The summed E-state index contributed by atoms with van der Waals surface area (Å²) in [4.78, 5) is 26.1. The first-order chi connectivity index (χ1) is 13.2. The lowest BCUT2D eigenvalue weighted by Crippen LogP contribution is -2.12. The van der Waals surface area contributed by atoms with E-state index >= 15 is 0 Å². The Morgan fingerprint density at radius 1 is 1.11 bits per heavy atom. The minimum atomic E-state index is -0.232. The highest BCUT2D eigenvalue weighted by Gasteiger charge is 2.10. The molecule has 3 aromatic heterocycles. The molecule has 134 valence electrons. The smallest absolute Gasteiger partial charge is 0.259 e. The average molecular weight is 440 g/mol. The number of aromatic nitrogens is 4. The maximum absolute atomic E-state index is 12.4. The number of halogens is 1. The number of imidazole rings is 1. The highest BCUT2D eigenvalue weighted by Crippen LogP contribution is 2.22. The van der Waals surface area contributed by atoms with Gasteiger partial charge in [0.25, 0.3) is 5.91 Å². The van der Waals surface area contributed by atoms with Gasteiger partial charge in [0.2, 0.25) is 0 Å². The van der Waals surface area contributed by atoms with Crippen molar-refractivity contribution in [2.45, 2.75) is 6.42 Å². The van der Waals surface area contributed by atoms with Crippen LogP contribution in [0.2, 0.25) is 0 Å². The fourth-order valence-corrected chi connectivity index (χ4v) is 3.59. The molecule has 0 aliphatic carbocycles. The predicted octanol–water partition coefficient (Wildman–Crippen LogP) is 4.33. The number of thiazole rings is 1. The van der Waals surface area contributed by atoms with E-state index in [1.807, 2.05) is 12.1 Å². The molecule has 0 bridgehead atoms. The molecule has 1 amide bonds. The molecule has 0 spiro atoms.